The number of benzene rings is 1. The van der Waals surface area contributed by atoms with E-state index in [1.807, 2.05) is 13.8 Å². The van der Waals surface area contributed by atoms with Crippen LogP contribution in [0.25, 0.3) is 0 Å². The molecule has 0 aromatic heterocycles. The number of hydrogen-bond acceptors (Lipinski definition) is 3. The number of amides is 1. The van der Waals surface area contributed by atoms with E-state index < -0.39 is 17.7 Å². The van der Waals surface area contributed by atoms with Gasteiger partial charge in [0.15, 0.2) is 0 Å². The van der Waals surface area contributed by atoms with Gasteiger partial charge in [-0.25, -0.2) is 13.6 Å². The minimum atomic E-state index is -0.700. The van der Waals surface area contributed by atoms with Crippen molar-refractivity contribution < 1.29 is 18.3 Å². The maximum atomic E-state index is 14.2. The van der Waals surface area contributed by atoms with Gasteiger partial charge in [-0.2, -0.15) is 11.8 Å². The molecule has 0 aliphatic carbocycles. The molecule has 2 rings (SSSR count). The summed E-state index contributed by atoms with van der Waals surface area (Å²) in [6.45, 7) is 4.07. The van der Waals surface area contributed by atoms with Gasteiger partial charge in [0.05, 0.1) is 6.61 Å². The van der Waals surface area contributed by atoms with Gasteiger partial charge in [0.1, 0.15) is 11.6 Å². The zero-order chi connectivity index (χ0) is 16.1. The van der Waals surface area contributed by atoms with E-state index in [1.54, 1.807) is 11.8 Å². The molecule has 22 heavy (non-hydrogen) atoms. The summed E-state index contributed by atoms with van der Waals surface area (Å²) in [6.07, 6.45) is 0.859. The molecular formula is C16H21F2NO2S. The minimum absolute atomic E-state index is 0.0804. The van der Waals surface area contributed by atoms with Crippen molar-refractivity contribution in [3.8, 4) is 0 Å². The molecule has 1 aliphatic rings. The third kappa shape index (κ3) is 4.60. The molecule has 0 radical (unpaired) electrons. The molecule has 0 atom stereocenters. The molecule has 1 amide bonds. The van der Waals surface area contributed by atoms with E-state index in [4.69, 9.17) is 4.74 Å². The lowest BCUT2D eigenvalue weighted by molar-refractivity contribution is 0.147. The van der Waals surface area contributed by atoms with Crippen molar-refractivity contribution in [3.63, 3.8) is 0 Å². The highest BCUT2D eigenvalue weighted by molar-refractivity contribution is 7.99. The normalized spacial score (nSPS) is 15.9. The third-order valence-corrected chi connectivity index (χ3v) is 4.55. The van der Waals surface area contributed by atoms with Crippen molar-refractivity contribution in [1.29, 1.82) is 0 Å². The van der Waals surface area contributed by atoms with Crippen LogP contribution in [0.1, 0.15) is 38.2 Å². The first-order chi connectivity index (χ1) is 10.5. The number of anilines is 1. The van der Waals surface area contributed by atoms with Gasteiger partial charge in [0.25, 0.3) is 0 Å². The monoisotopic (exact) mass is 329 g/mol. The Kier molecular flexibility index (Phi) is 6.06. The molecule has 122 valence electrons. The van der Waals surface area contributed by atoms with Crippen molar-refractivity contribution in [2.45, 2.75) is 32.6 Å². The topological polar surface area (TPSA) is 38.3 Å². The second-order valence-corrected chi connectivity index (χ2v) is 7.08. The van der Waals surface area contributed by atoms with Crippen LogP contribution < -0.4 is 5.32 Å². The summed E-state index contributed by atoms with van der Waals surface area (Å²) in [5.74, 6) is 0.761. The van der Waals surface area contributed by atoms with Crippen LogP contribution in [0, 0.1) is 17.6 Å². The number of carbonyl (C=O) groups excluding carboxylic acids is 1. The molecule has 1 N–H and O–H groups in total. The van der Waals surface area contributed by atoms with Crippen LogP contribution in [0.2, 0.25) is 0 Å². The first-order valence-electron chi connectivity index (χ1n) is 7.48. The van der Waals surface area contributed by atoms with Gasteiger partial charge in [0.2, 0.25) is 0 Å². The highest BCUT2D eigenvalue weighted by Gasteiger charge is 2.23. The van der Waals surface area contributed by atoms with Gasteiger partial charge in [0, 0.05) is 11.3 Å². The van der Waals surface area contributed by atoms with E-state index >= 15 is 0 Å². The van der Waals surface area contributed by atoms with Crippen LogP contribution in [-0.4, -0.2) is 24.2 Å². The molecular weight excluding hydrogens is 308 g/mol. The molecule has 0 saturated carbocycles. The highest BCUT2D eigenvalue weighted by Crippen LogP contribution is 2.35. The van der Waals surface area contributed by atoms with Crippen LogP contribution in [0.4, 0.5) is 19.3 Å². The Labute approximate surface area is 133 Å². The average molecular weight is 329 g/mol. The summed E-state index contributed by atoms with van der Waals surface area (Å²) < 4.78 is 33.4. The first-order valence-corrected chi connectivity index (χ1v) is 8.63. The average Bonchev–Trinajstić information content (AvgIpc) is 2.45. The van der Waals surface area contributed by atoms with Crippen LogP contribution >= 0.6 is 11.8 Å². The number of nitrogens with one attached hydrogen (secondary N) is 1. The molecule has 1 aromatic rings. The molecule has 6 heteroatoms. The molecule has 1 fully saturated rings. The van der Waals surface area contributed by atoms with Crippen molar-refractivity contribution in [2.75, 3.05) is 23.4 Å². The maximum absolute atomic E-state index is 14.2. The predicted octanol–water partition coefficient (Wildman–Crippen LogP) is 4.78. The molecule has 0 spiro atoms. The Morgan fingerprint density at radius 1 is 1.32 bits per heavy atom. The summed E-state index contributed by atoms with van der Waals surface area (Å²) in [6, 6.07) is 2.33. The SMILES string of the molecule is CC(C)COC(=O)Nc1cc(F)c(C2CCSCC2)c(F)c1. The van der Waals surface area contributed by atoms with Crippen LogP contribution in [0.5, 0.6) is 0 Å². The Balaban J connectivity index is 2.07. The third-order valence-electron chi connectivity index (χ3n) is 3.50. The molecule has 1 aromatic carbocycles. The Morgan fingerprint density at radius 3 is 2.45 bits per heavy atom. The van der Waals surface area contributed by atoms with Crippen LogP contribution in [0.3, 0.4) is 0 Å². The number of hydrogen-bond donors (Lipinski definition) is 1. The second kappa shape index (κ2) is 7.81. The summed E-state index contributed by atoms with van der Waals surface area (Å²) in [5.41, 5.74) is 0.221. The predicted molar refractivity (Wildman–Crippen MR) is 85.5 cm³/mol. The Morgan fingerprint density at radius 2 is 1.91 bits per heavy atom. The maximum Gasteiger partial charge on any atom is 0.411 e. The fourth-order valence-corrected chi connectivity index (χ4v) is 3.54. The van der Waals surface area contributed by atoms with Gasteiger partial charge in [-0.05, 0) is 48.3 Å². The van der Waals surface area contributed by atoms with E-state index in [0.29, 0.717) is 0 Å². The fraction of sp³-hybridized carbons (Fsp3) is 0.562. The number of rotatable bonds is 4. The van der Waals surface area contributed by atoms with Gasteiger partial charge in [-0.15, -0.1) is 0 Å². The van der Waals surface area contributed by atoms with Crippen molar-refractivity contribution in [2.24, 2.45) is 5.92 Å². The van der Waals surface area contributed by atoms with Crippen LogP contribution in [0.15, 0.2) is 12.1 Å². The minimum Gasteiger partial charge on any atom is -0.449 e. The number of halogens is 2. The van der Waals surface area contributed by atoms with Crippen molar-refractivity contribution in [3.05, 3.63) is 29.3 Å². The van der Waals surface area contributed by atoms with Crippen molar-refractivity contribution >= 4 is 23.5 Å². The highest BCUT2D eigenvalue weighted by atomic mass is 32.2. The number of thioether (sulfide) groups is 1. The largest absolute Gasteiger partial charge is 0.449 e. The van der Waals surface area contributed by atoms with Gasteiger partial charge in [-0.1, -0.05) is 13.8 Å². The molecule has 1 heterocycles. The summed E-state index contributed by atoms with van der Waals surface area (Å²) >= 11 is 1.81. The van der Waals surface area contributed by atoms with Gasteiger partial charge < -0.3 is 4.74 Å². The summed E-state index contributed by atoms with van der Waals surface area (Å²) in [7, 11) is 0. The van der Waals surface area contributed by atoms with E-state index in [-0.39, 0.29) is 29.7 Å². The van der Waals surface area contributed by atoms with Crippen LogP contribution in [-0.2, 0) is 4.74 Å². The summed E-state index contributed by atoms with van der Waals surface area (Å²) in [4.78, 5) is 11.5. The molecule has 0 unspecified atom stereocenters. The zero-order valence-electron chi connectivity index (χ0n) is 12.8. The van der Waals surface area contributed by atoms with E-state index in [9.17, 15) is 13.6 Å². The Bertz CT molecular complexity index is 508. The zero-order valence-corrected chi connectivity index (χ0v) is 13.6. The van der Waals surface area contributed by atoms with E-state index in [0.717, 1.165) is 36.5 Å². The number of carbonyl (C=O) groups is 1. The first kappa shape index (κ1) is 17.1. The van der Waals surface area contributed by atoms with E-state index in [2.05, 4.69) is 5.32 Å². The van der Waals surface area contributed by atoms with Crippen molar-refractivity contribution in [1.82, 2.24) is 0 Å². The standard InChI is InChI=1S/C16H21F2NO2S/c1-10(2)9-21-16(20)19-12-7-13(17)15(14(18)8-12)11-3-5-22-6-4-11/h7-8,10-11H,3-6,9H2,1-2H3,(H,19,20). The lowest BCUT2D eigenvalue weighted by atomic mass is 9.92. The second-order valence-electron chi connectivity index (χ2n) is 5.86. The fourth-order valence-electron chi connectivity index (χ4n) is 2.43. The van der Waals surface area contributed by atoms with Gasteiger partial charge in [-0.3, -0.25) is 5.32 Å². The smallest absolute Gasteiger partial charge is 0.411 e. The Hall–Kier alpha value is -1.30. The van der Waals surface area contributed by atoms with Gasteiger partial charge >= 0.3 is 6.09 Å². The number of ether oxygens (including phenoxy) is 1. The quantitative estimate of drug-likeness (QED) is 0.864. The van der Waals surface area contributed by atoms with E-state index in [1.165, 1.54) is 0 Å². The molecule has 1 saturated heterocycles. The lowest BCUT2D eigenvalue weighted by Crippen LogP contribution is -2.17. The molecule has 0 bridgehead atoms. The summed E-state index contributed by atoms with van der Waals surface area (Å²) in [5, 5.41) is 2.36. The molecule has 3 nitrogen and oxygen atoms in total. The lowest BCUT2D eigenvalue weighted by Gasteiger charge is -2.23. The molecule has 1 aliphatic heterocycles.